The highest BCUT2D eigenvalue weighted by atomic mass is 16.5. The SMILES string of the molecule is C=C(/C=C\C)C[C@H](CC(=O)c1ccc(OC)cc1)C(=O)O.CC. The van der Waals surface area contributed by atoms with Crippen molar-refractivity contribution in [3.8, 4) is 5.75 Å². The van der Waals surface area contributed by atoms with E-state index in [1.165, 1.54) is 0 Å². The number of carboxylic acids is 1. The Hall–Kier alpha value is -2.36. The number of carbonyl (C=O) groups excluding carboxylic acids is 1. The first-order valence-electron chi connectivity index (χ1n) is 7.68. The Morgan fingerprint density at radius 1 is 1.22 bits per heavy atom. The quantitative estimate of drug-likeness (QED) is 0.565. The van der Waals surface area contributed by atoms with Gasteiger partial charge in [-0.05, 0) is 37.6 Å². The van der Waals surface area contributed by atoms with Crippen molar-refractivity contribution in [2.45, 2.75) is 33.6 Å². The van der Waals surface area contributed by atoms with Crippen LogP contribution in [-0.4, -0.2) is 24.0 Å². The molecule has 1 atom stereocenters. The van der Waals surface area contributed by atoms with Crippen LogP contribution in [0.4, 0.5) is 0 Å². The summed E-state index contributed by atoms with van der Waals surface area (Å²) >= 11 is 0. The summed E-state index contributed by atoms with van der Waals surface area (Å²) in [5.41, 5.74) is 1.19. The lowest BCUT2D eigenvalue weighted by atomic mass is 9.92. The van der Waals surface area contributed by atoms with Crippen LogP contribution in [0.1, 0.15) is 44.0 Å². The molecule has 0 heterocycles. The molecule has 126 valence electrons. The first kappa shape index (κ1) is 20.6. The van der Waals surface area contributed by atoms with E-state index in [4.69, 9.17) is 4.74 Å². The molecule has 0 spiro atoms. The van der Waals surface area contributed by atoms with Crippen molar-refractivity contribution in [3.63, 3.8) is 0 Å². The molecule has 1 aromatic carbocycles. The fourth-order valence-electron chi connectivity index (χ4n) is 1.99. The molecular formula is C19H26O4. The fraction of sp³-hybridized carbons (Fsp3) is 0.368. The number of rotatable bonds is 8. The van der Waals surface area contributed by atoms with E-state index in [9.17, 15) is 14.7 Å². The first-order valence-corrected chi connectivity index (χ1v) is 7.68. The predicted molar refractivity (Wildman–Crippen MR) is 93.0 cm³/mol. The van der Waals surface area contributed by atoms with Crippen LogP contribution in [0.5, 0.6) is 5.75 Å². The number of carbonyl (C=O) groups is 2. The average Bonchev–Trinajstić information content (AvgIpc) is 2.56. The number of ketones is 1. The Bertz CT molecular complexity index is 541. The third kappa shape index (κ3) is 7.45. The van der Waals surface area contributed by atoms with E-state index < -0.39 is 11.9 Å². The topological polar surface area (TPSA) is 63.6 Å². The molecule has 0 unspecified atom stereocenters. The molecular weight excluding hydrogens is 292 g/mol. The van der Waals surface area contributed by atoms with Crippen molar-refractivity contribution < 1.29 is 19.4 Å². The van der Waals surface area contributed by atoms with Crippen molar-refractivity contribution in [1.29, 1.82) is 0 Å². The molecule has 0 fully saturated rings. The van der Waals surface area contributed by atoms with Gasteiger partial charge in [0, 0.05) is 12.0 Å². The van der Waals surface area contributed by atoms with Crippen LogP contribution in [-0.2, 0) is 4.79 Å². The Labute approximate surface area is 138 Å². The highest BCUT2D eigenvalue weighted by Gasteiger charge is 2.22. The van der Waals surface area contributed by atoms with Gasteiger partial charge >= 0.3 is 5.97 Å². The lowest BCUT2D eigenvalue weighted by molar-refractivity contribution is -0.141. The number of benzene rings is 1. The molecule has 0 bridgehead atoms. The second kappa shape index (κ2) is 11.2. The van der Waals surface area contributed by atoms with Crippen molar-refractivity contribution in [1.82, 2.24) is 0 Å². The molecule has 0 amide bonds. The number of aliphatic carboxylic acids is 1. The lowest BCUT2D eigenvalue weighted by Crippen LogP contribution is -2.18. The van der Waals surface area contributed by atoms with Crippen LogP contribution in [0.15, 0.2) is 48.6 Å². The maximum Gasteiger partial charge on any atom is 0.307 e. The molecule has 23 heavy (non-hydrogen) atoms. The molecule has 4 nitrogen and oxygen atoms in total. The monoisotopic (exact) mass is 318 g/mol. The molecule has 0 saturated carbocycles. The standard InChI is InChI=1S/C17H20O4.C2H6/c1-4-5-12(2)10-14(17(19)20)11-16(18)13-6-8-15(21-3)9-7-13;1-2/h4-9,14H,2,10-11H2,1,3H3,(H,19,20);1-2H3/b5-4-;/t14-;/m1./s1. The highest BCUT2D eigenvalue weighted by molar-refractivity contribution is 5.98. The zero-order chi connectivity index (χ0) is 17.8. The summed E-state index contributed by atoms with van der Waals surface area (Å²) in [5, 5.41) is 9.23. The summed E-state index contributed by atoms with van der Waals surface area (Å²) in [7, 11) is 1.55. The van der Waals surface area contributed by atoms with Crippen molar-refractivity contribution in [2.75, 3.05) is 7.11 Å². The van der Waals surface area contributed by atoms with E-state index in [0.29, 0.717) is 16.9 Å². The van der Waals surface area contributed by atoms with Gasteiger partial charge in [-0.25, -0.2) is 0 Å². The van der Waals surface area contributed by atoms with Gasteiger partial charge < -0.3 is 9.84 Å². The predicted octanol–water partition coefficient (Wildman–Crippen LogP) is 4.52. The number of allylic oxidation sites excluding steroid dienone is 3. The number of hydrogen-bond donors (Lipinski definition) is 1. The summed E-state index contributed by atoms with van der Waals surface area (Å²) in [6, 6.07) is 6.64. The van der Waals surface area contributed by atoms with Crippen LogP contribution in [0.3, 0.4) is 0 Å². The first-order chi connectivity index (χ1) is 11.0. The number of carboxylic acid groups (broad SMARTS) is 1. The Balaban J connectivity index is 0.00000232. The number of ether oxygens (including phenoxy) is 1. The molecule has 1 aromatic rings. The minimum absolute atomic E-state index is 0.0434. The summed E-state index contributed by atoms with van der Waals surface area (Å²) in [4.78, 5) is 23.4. The van der Waals surface area contributed by atoms with Gasteiger partial charge in [-0.1, -0.05) is 38.2 Å². The number of Topliss-reactive ketones (excluding diaryl/α,β-unsaturated/α-hetero) is 1. The van der Waals surface area contributed by atoms with Crippen LogP contribution in [0.2, 0.25) is 0 Å². The third-order valence-corrected chi connectivity index (χ3v) is 3.10. The summed E-state index contributed by atoms with van der Waals surface area (Å²) < 4.78 is 5.02. The molecule has 0 saturated heterocycles. The highest BCUT2D eigenvalue weighted by Crippen LogP contribution is 2.20. The second-order valence-electron chi connectivity index (χ2n) is 4.75. The zero-order valence-corrected chi connectivity index (χ0v) is 14.3. The average molecular weight is 318 g/mol. The molecule has 0 radical (unpaired) electrons. The molecule has 0 aliphatic rings. The Morgan fingerprint density at radius 2 is 1.78 bits per heavy atom. The van der Waals surface area contributed by atoms with E-state index in [0.717, 1.165) is 0 Å². The minimum Gasteiger partial charge on any atom is -0.497 e. The molecule has 0 aromatic heterocycles. The minimum atomic E-state index is -0.984. The third-order valence-electron chi connectivity index (χ3n) is 3.10. The normalized spacial score (nSPS) is 11.3. The van der Waals surface area contributed by atoms with Crippen molar-refractivity contribution in [2.24, 2.45) is 5.92 Å². The molecule has 0 aliphatic heterocycles. The second-order valence-corrected chi connectivity index (χ2v) is 4.75. The summed E-state index contributed by atoms with van der Waals surface area (Å²) in [5.74, 6) is -1.29. The summed E-state index contributed by atoms with van der Waals surface area (Å²) in [6.07, 6.45) is 3.78. The van der Waals surface area contributed by atoms with Crippen LogP contribution >= 0.6 is 0 Å². The van der Waals surface area contributed by atoms with Crippen LogP contribution < -0.4 is 4.74 Å². The van der Waals surface area contributed by atoms with Gasteiger partial charge in [0.05, 0.1) is 13.0 Å². The van der Waals surface area contributed by atoms with Gasteiger partial charge in [0.15, 0.2) is 5.78 Å². The largest absolute Gasteiger partial charge is 0.497 e. The van der Waals surface area contributed by atoms with Gasteiger partial charge in [-0.3, -0.25) is 9.59 Å². The van der Waals surface area contributed by atoms with E-state index in [1.807, 2.05) is 20.8 Å². The van der Waals surface area contributed by atoms with Crippen LogP contribution in [0, 0.1) is 5.92 Å². The van der Waals surface area contributed by atoms with Gasteiger partial charge in [0.2, 0.25) is 0 Å². The van der Waals surface area contributed by atoms with E-state index in [1.54, 1.807) is 43.5 Å². The van der Waals surface area contributed by atoms with Crippen molar-refractivity contribution in [3.05, 3.63) is 54.1 Å². The smallest absolute Gasteiger partial charge is 0.307 e. The molecule has 1 rings (SSSR count). The van der Waals surface area contributed by atoms with Gasteiger partial charge in [0.25, 0.3) is 0 Å². The van der Waals surface area contributed by atoms with Gasteiger partial charge in [-0.2, -0.15) is 0 Å². The maximum absolute atomic E-state index is 12.1. The molecule has 0 aliphatic carbocycles. The molecule has 1 N–H and O–H groups in total. The fourth-order valence-corrected chi connectivity index (χ4v) is 1.99. The number of hydrogen-bond acceptors (Lipinski definition) is 3. The molecule has 4 heteroatoms. The summed E-state index contributed by atoms with van der Waals surface area (Å²) in [6.45, 7) is 9.63. The van der Waals surface area contributed by atoms with E-state index in [-0.39, 0.29) is 18.6 Å². The van der Waals surface area contributed by atoms with Crippen molar-refractivity contribution >= 4 is 11.8 Å². The maximum atomic E-state index is 12.1. The van der Waals surface area contributed by atoms with Gasteiger partial charge in [-0.15, -0.1) is 0 Å². The Morgan fingerprint density at radius 3 is 2.22 bits per heavy atom. The van der Waals surface area contributed by atoms with E-state index in [2.05, 4.69) is 6.58 Å². The number of methoxy groups -OCH3 is 1. The van der Waals surface area contributed by atoms with Gasteiger partial charge in [0.1, 0.15) is 5.75 Å². The lowest BCUT2D eigenvalue weighted by Gasteiger charge is -2.12. The van der Waals surface area contributed by atoms with Crippen LogP contribution in [0.25, 0.3) is 0 Å². The van der Waals surface area contributed by atoms with E-state index >= 15 is 0 Å². The zero-order valence-electron chi connectivity index (χ0n) is 14.3. The Kier molecular flexibility index (Phi) is 10.1.